The van der Waals surface area contributed by atoms with Crippen LogP contribution < -0.4 is 5.73 Å². The maximum Gasteiger partial charge on any atom is 0.261 e. The number of hydrogen-bond donors (Lipinski definition) is 1. The molecule has 0 aliphatic heterocycles. The van der Waals surface area contributed by atoms with Crippen molar-refractivity contribution in [1.29, 1.82) is 0 Å². The van der Waals surface area contributed by atoms with E-state index in [-0.39, 0.29) is 4.90 Å². The second-order valence-electron chi connectivity index (χ2n) is 5.56. The van der Waals surface area contributed by atoms with Crippen LogP contribution in [0.5, 0.6) is 0 Å². The molecular weight excluding hydrogens is 537 g/mol. The predicted octanol–water partition coefficient (Wildman–Crippen LogP) is 6.37. The number of thiophene rings is 1. The molecule has 0 bridgehead atoms. The summed E-state index contributed by atoms with van der Waals surface area (Å²) in [6.45, 7) is 0. The van der Waals surface area contributed by atoms with E-state index in [4.69, 9.17) is 22.8 Å². The lowest BCUT2D eigenvalue weighted by Gasteiger charge is -2.01. The van der Waals surface area contributed by atoms with Gasteiger partial charge in [-0.15, -0.1) is 17.8 Å². The summed E-state index contributed by atoms with van der Waals surface area (Å²) >= 11 is 3.79. The highest BCUT2D eigenvalue weighted by Crippen LogP contribution is 2.25. The van der Waals surface area contributed by atoms with E-state index in [1.54, 1.807) is 29.5 Å². The topological polar surface area (TPSA) is 60.2 Å². The van der Waals surface area contributed by atoms with Gasteiger partial charge in [-0.25, -0.2) is 8.42 Å². The van der Waals surface area contributed by atoms with Crippen molar-refractivity contribution in [3.05, 3.63) is 92.7 Å². The number of fused-ring (bicyclic) bond motifs is 1. The van der Waals surface area contributed by atoms with Gasteiger partial charge >= 0.3 is 0 Å². The molecule has 29 heavy (non-hydrogen) atoms. The Bertz CT molecular complexity index is 1190. The fourth-order valence-electron chi connectivity index (χ4n) is 2.24. The zero-order valence-electron chi connectivity index (χ0n) is 15.1. The Morgan fingerprint density at radius 3 is 2.10 bits per heavy atom. The Morgan fingerprint density at radius 1 is 0.931 bits per heavy atom. The van der Waals surface area contributed by atoms with Crippen LogP contribution in [0.1, 0.15) is 4.88 Å². The molecule has 3 nitrogen and oxygen atoms in total. The number of para-hydroxylation sites is 1. The van der Waals surface area contributed by atoms with Crippen LogP contribution >= 0.6 is 44.6 Å². The maximum absolute atomic E-state index is 11.2. The van der Waals surface area contributed by atoms with Crippen molar-refractivity contribution in [3.63, 3.8) is 0 Å². The summed E-state index contributed by atoms with van der Waals surface area (Å²) in [4.78, 5) is 1.16. The van der Waals surface area contributed by atoms with Crippen LogP contribution in [0.15, 0.2) is 89.1 Å². The molecule has 148 valence electrons. The first-order valence-corrected chi connectivity index (χ1v) is 12.5. The number of anilines is 1. The van der Waals surface area contributed by atoms with Crippen LogP contribution in [0.2, 0.25) is 0 Å². The van der Waals surface area contributed by atoms with Crippen molar-refractivity contribution < 1.29 is 8.42 Å². The molecule has 0 aliphatic carbocycles. The molecule has 0 spiro atoms. The fraction of sp³-hybridized carbons (Fsp3) is 0. The minimum absolute atomic E-state index is 0.164. The summed E-state index contributed by atoms with van der Waals surface area (Å²) in [5.74, 6) is 2.53. The molecule has 0 aliphatic rings. The van der Waals surface area contributed by atoms with E-state index in [1.165, 1.54) is 6.07 Å². The van der Waals surface area contributed by atoms with Crippen LogP contribution in [-0.2, 0) is 9.05 Å². The first-order chi connectivity index (χ1) is 13.8. The molecule has 0 fully saturated rings. The third kappa shape index (κ3) is 7.37. The fourth-order valence-corrected chi connectivity index (χ4v) is 4.25. The molecule has 4 aromatic rings. The smallest absolute Gasteiger partial charge is 0.261 e. The lowest BCUT2D eigenvalue weighted by atomic mass is 10.1. The van der Waals surface area contributed by atoms with E-state index in [0.29, 0.717) is 5.39 Å². The Labute approximate surface area is 193 Å². The van der Waals surface area contributed by atoms with Crippen LogP contribution in [0, 0.1) is 15.9 Å². The third-order valence-electron chi connectivity index (χ3n) is 3.58. The van der Waals surface area contributed by atoms with Gasteiger partial charge in [-0.05, 0) is 57.6 Å². The highest BCUT2D eigenvalue weighted by atomic mass is 127. The Hall–Kier alpha value is -2.05. The first kappa shape index (κ1) is 23.2. The zero-order chi connectivity index (χ0) is 21.3. The molecule has 0 unspecified atom stereocenters. The zero-order valence-corrected chi connectivity index (χ0v) is 19.7. The van der Waals surface area contributed by atoms with Crippen LogP contribution in [0.3, 0.4) is 0 Å². The van der Waals surface area contributed by atoms with Gasteiger partial charge in [0.1, 0.15) is 0 Å². The Kier molecular flexibility index (Phi) is 8.99. The van der Waals surface area contributed by atoms with Gasteiger partial charge < -0.3 is 5.73 Å². The molecule has 2 N–H and O–H groups in total. The number of nitrogens with two attached hydrogens (primary N) is 1. The average molecular weight is 554 g/mol. The van der Waals surface area contributed by atoms with E-state index < -0.39 is 9.05 Å². The quantitative estimate of drug-likeness (QED) is 0.129. The van der Waals surface area contributed by atoms with Gasteiger partial charge in [-0.3, -0.25) is 0 Å². The minimum atomic E-state index is -3.66. The highest BCUT2D eigenvalue weighted by molar-refractivity contribution is 14.1. The van der Waals surface area contributed by atoms with E-state index >= 15 is 0 Å². The van der Waals surface area contributed by atoms with Gasteiger partial charge in [-0.2, -0.15) is 0 Å². The van der Waals surface area contributed by atoms with E-state index in [2.05, 4.69) is 28.5 Å². The standard InChI is InChI=1S/C10H7ClO2S.C6H6IN.C6H4S/c11-14(12,13)10-7-3-5-8-4-1-2-6-9(8)10;7-5-3-1-2-4-6(5)8;1-2-6-4-3-5-7-6/h1-7H;1-4H,8H2;1,3-5H. The molecule has 1 heterocycles. The second kappa shape index (κ2) is 11.2. The number of terminal acetylenes is 1. The van der Waals surface area contributed by atoms with Crippen molar-refractivity contribution >= 4 is 70.1 Å². The maximum atomic E-state index is 11.2. The Morgan fingerprint density at radius 2 is 1.59 bits per heavy atom. The monoisotopic (exact) mass is 553 g/mol. The molecule has 4 rings (SSSR count). The summed E-state index contributed by atoms with van der Waals surface area (Å²) in [7, 11) is 1.65. The summed E-state index contributed by atoms with van der Waals surface area (Å²) in [5.41, 5.74) is 6.37. The van der Waals surface area contributed by atoms with Gasteiger partial charge in [0.2, 0.25) is 0 Å². The number of nitrogen functional groups attached to an aromatic ring is 1. The number of hydrogen-bond acceptors (Lipinski definition) is 4. The van der Waals surface area contributed by atoms with Crippen molar-refractivity contribution in [2.24, 2.45) is 0 Å². The van der Waals surface area contributed by atoms with Crippen LogP contribution in [0.25, 0.3) is 10.8 Å². The van der Waals surface area contributed by atoms with E-state index in [0.717, 1.165) is 19.5 Å². The molecule has 7 heteroatoms. The molecule has 3 aromatic carbocycles. The molecule has 0 radical (unpaired) electrons. The van der Waals surface area contributed by atoms with Gasteiger partial charge in [0.15, 0.2) is 0 Å². The second-order valence-corrected chi connectivity index (χ2v) is 10.2. The lowest BCUT2D eigenvalue weighted by Crippen LogP contribution is -1.91. The molecular formula is C22H17ClINO2S2. The van der Waals surface area contributed by atoms with E-state index in [9.17, 15) is 8.42 Å². The molecule has 1 aromatic heterocycles. The lowest BCUT2D eigenvalue weighted by molar-refractivity contribution is 0.610. The van der Waals surface area contributed by atoms with Crippen LogP contribution in [-0.4, -0.2) is 8.42 Å². The van der Waals surface area contributed by atoms with Gasteiger partial charge in [0.05, 0.1) is 9.77 Å². The summed E-state index contributed by atoms with van der Waals surface area (Å²) in [5, 5.41) is 3.49. The molecule has 0 saturated carbocycles. The van der Waals surface area contributed by atoms with Crippen molar-refractivity contribution in [3.8, 4) is 12.3 Å². The van der Waals surface area contributed by atoms with Crippen molar-refractivity contribution in [2.75, 3.05) is 5.73 Å². The first-order valence-electron chi connectivity index (χ1n) is 8.25. The average Bonchev–Trinajstić information content (AvgIpc) is 3.24. The molecule has 0 saturated heterocycles. The van der Waals surface area contributed by atoms with Crippen molar-refractivity contribution in [2.45, 2.75) is 4.90 Å². The predicted molar refractivity (Wildman–Crippen MR) is 133 cm³/mol. The third-order valence-corrected chi connectivity index (χ3v) is 6.74. The molecule has 0 atom stereocenters. The van der Waals surface area contributed by atoms with Gasteiger partial charge in [0, 0.05) is 25.3 Å². The summed E-state index contributed by atoms with van der Waals surface area (Å²) in [6, 6.07) is 23.9. The largest absolute Gasteiger partial charge is 0.398 e. The van der Waals surface area contributed by atoms with Gasteiger partial charge in [-0.1, -0.05) is 60.5 Å². The minimum Gasteiger partial charge on any atom is -0.398 e. The SMILES string of the molecule is C#Cc1cccs1.Nc1ccccc1I.O=S(=O)(Cl)c1cccc2ccccc12. The summed E-state index contributed by atoms with van der Waals surface area (Å²) in [6.07, 6.45) is 5.05. The Balaban J connectivity index is 0.000000170. The number of rotatable bonds is 1. The summed E-state index contributed by atoms with van der Waals surface area (Å²) < 4.78 is 23.5. The number of halogens is 2. The normalized spacial score (nSPS) is 10.1. The van der Waals surface area contributed by atoms with Crippen LogP contribution in [0.4, 0.5) is 5.69 Å². The number of benzene rings is 3. The highest BCUT2D eigenvalue weighted by Gasteiger charge is 2.12. The van der Waals surface area contributed by atoms with Crippen molar-refractivity contribution in [1.82, 2.24) is 0 Å². The molecule has 0 amide bonds. The van der Waals surface area contributed by atoms with E-state index in [1.807, 2.05) is 60.0 Å². The van der Waals surface area contributed by atoms with Gasteiger partial charge in [0.25, 0.3) is 9.05 Å².